The number of thiophene rings is 1. The number of fused-ring (bicyclic) bond motifs is 3. The zero-order valence-electron chi connectivity index (χ0n) is 13.0. The average Bonchev–Trinajstić information content (AvgIpc) is 3.18. The molecule has 0 unspecified atom stereocenters. The van der Waals surface area contributed by atoms with Crippen molar-refractivity contribution in [1.29, 1.82) is 0 Å². The van der Waals surface area contributed by atoms with Gasteiger partial charge in [-0.3, -0.25) is 4.79 Å². The van der Waals surface area contributed by atoms with Crippen LogP contribution in [0.5, 0.6) is 0 Å². The molecular weight excluding hydrogens is 296 g/mol. The van der Waals surface area contributed by atoms with E-state index in [1.54, 1.807) is 16.0 Å². The zero-order chi connectivity index (χ0) is 15.3. The van der Waals surface area contributed by atoms with Crippen LogP contribution in [-0.2, 0) is 13.6 Å². The average molecular weight is 316 g/mol. The van der Waals surface area contributed by atoms with Gasteiger partial charge < -0.3 is 9.47 Å². The van der Waals surface area contributed by atoms with Crippen LogP contribution in [0, 0.1) is 6.92 Å². The first-order valence-electron chi connectivity index (χ1n) is 7.82. The van der Waals surface area contributed by atoms with E-state index in [0.717, 1.165) is 36.1 Å². The summed E-state index contributed by atoms with van der Waals surface area (Å²) >= 11 is 1.73. The van der Waals surface area contributed by atoms with Gasteiger partial charge in [0.1, 0.15) is 5.52 Å². The Hall–Kier alpha value is -1.66. The van der Waals surface area contributed by atoms with Crippen LogP contribution in [0.3, 0.4) is 0 Å². The summed E-state index contributed by atoms with van der Waals surface area (Å²) in [6.07, 6.45) is 4.41. The lowest BCUT2D eigenvalue weighted by atomic mass is 10.3. The fraction of sp³-hybridized carbons (Fsp3) is 0.500. The van der Waals surface area contributed by atoms with Gasteiger partial charge in [-0.25, -0.2) is 4.68 Å². The van der Waals surface area contributed by atoms with Crippen molar-refractivity contribution in [3.05, 3.63) is 27.5 Å². The summed E-state index contributed by atoms with van der Waals surface area (Å²) in [5, 5.41) is 5.40. The molecule has 0 radical (unpaired) electrons. The Morgan fingerprint density at radius 1 is 1.27 bits per heavy atom. The Bertz CT molecular complexity index is 898. The Balaban J connectivity index is 1.76. The number of nitrogens with zero attached hydrogens (tertiary/aromatic N) is 4. The first kappa shape index (κ1) is 14.0. The SMILES string of the molecule is Cc1cc2c(s1)c1cnn(CCN3CCCC3)c(=O)c1n2C. The largest absolute Gasteiger partial charge is 0.338 e. The second-order valence-electron chi connectivity index (χ2n) is 6.11. The van der Waals surface area contributed by atoms with Crippen molar-refractivity contribution in [2.45, 2.75) is 26.3 Å². The molecule has 5 nitrogen and oxygen atoms in total. The molecule has 1 saturated heterocycles. The second kappa shape index (κ2) is 5.21. The zero-order valence-corrected chi connectivity index (χ0v) is 13.8. The van der Waals surface area contributed by atoms with E-state index in [1.807, 2.05) is 17.8 Å². The van der Waals surface area contributed by atoms with Gasteiger partial charge in [-0.1, -0.05) is 0 Å². The lowest BCUT2D eigenvalue weighted by Crippen LogP contribution is -2.31. The molecule has 1 aliphatic rings. The highest BCUT2D eigenvalue weighted by Gasteiger charge is 2.17. The van der Waals surface area contributed by atoms with E-state index in [-0.39, 0.29) is 5.56 Å². The van der Waals surface area contributed by atoms with Crippen molar-refractivity contribution < 1.29 is 0 Å². The molecule has 0 N–H and O–H groups in total. The summed E-state index contributed by atoms with van der Waals surface area (Å²) in [6.45, 7) is 5.98. The smallest absolute Gasteiger partial charge is 0.291 e. The molecule has 4 rings (SSSR count). The van der Waals surface area contributed by atoms with Gasteiger partial charge in [-0.05, 0) is 38.9 Å². The van der Waals surface area contributed by atoms with Crippen LogP contribution in [0.1, 0.15) is 17.7 Å². The van der Waals surface area contributed by atoms with Gasteiger partial charge in [0.25, 0.3) is 5.56 Å². The molecule has 1 aliphatic heterocycles. The van der Waals surface area contributed by atoms with E-state index in [2.05, 4.69) is 23.0 Å². The van der Waals surface area contributed by atoms with Crippen molar-refractivity contribution in [1.82, 2.24) is 19.2 Å². The molecule has 0 saturated carbocycles. The van der Waals surface area contributed by atoms with Crippen molar-refractivity contribution in [2.24, 2.45) is 7.05 Å². The number of aromatic nitrogens is 3. The lowest BCUT2D eigenvalue weighted by molar-refractivity contribution is 0.312. The third-order valence-electron chi connectivity index (χ3n) is 4.62. The summed E-state index contributed by atoms with van der Waals surface area (Å²) in [6, 6.07) is 2.15. The molecule has 3 aromatic heterocycles. The molecule has 0 spiro atoms. The van der Waals surface area contributed by atoms with Gasteiger partial charge in [-0.15, -0.1) is 11.3 Å². The van der Waals surface area contributed by atoms with Gasteiger partial charge in [0.05, 0.1) is 23.0 Å². The van der Waals surface area contributed by atoms with E-state index in [4.69, 9.17) is 0 Å². The first-order chi connectivity index (χ1) is 10.6. The van der Waals surface area contributed by atoms with Crippen molar-refractivity contribution in [2.75, 3.05) is 19.6 Å². The van der Waals surface area contributed by atoms with Gasteiger partial charge in [0.2, 0.25) is 0 Å². The maximum absolute atomic E-state index is 12.8. The second-order valence-corrected chi connectivity index (χ2v) is 7.37. The molecule has 116 valence electrons. The number of hydrogen-bond donors (Lipinski definition) is 0. The molecule has 4 heterocycles. The topological polar surface area (TPSA) is 43.1 Å². The third kappa shape index (κ3) is 2.09. The Kier molecular flexibility index (Phi) is 3.31. The van der Waals surface area contributed by atoms with Crippen LogP contribution in [0.25, 0.3) is 21.1 Å². The molecule has 0 atom stereocenters. The predicted octanol–water partition coefficient (Wildman–Crippen LogP) is 2.35. The third-order valence-corrected chi connectivity index (χ3v) is 5.70. The van der Waals surface area contributed by atoms with Gasteiger partial charge >= 0.3 is 0 Å². The van der Waals surface area contributed by atoms with Crippen molar-refractivity contribution >= 4 is 32.5 Å². The first-order valence-corrected chi connectivity index (χ1v) is 8.64. The van der Waals surface area contributed by atoms with E-state index in [9.17, 15) is 4.79 Å². The molecule has 6 heteroatoms. The van der Waals surface area contributed by atoms with Crippen LogP contribution in [0.4, 0.5) is 0 Å². The highest BCUT2D eigenvalue weighted by Crippen LogP contribution is 2.32. The Morgan fingerprint density at radius 2 is 2.05 bits per heavy atom. The summed E-state index contributed by atoms with van der Waals surface area (Å²) in [4.78, 5) is 16.4. The quantitative estimate of drug-likeness (QED) is 0.745. The highest BCUT2D eigenvalue weighted by atomic mass is 32.1. The predicted molar refractivity (Wildman–Crippen MR) is 90.8 cm³/mol. The van der Waals surface area contributed by atoms with Crippen LogP contribution in [-0.4, -0.2) is 38.9 Å². The Morgan fingerprint density at radius 3 is 2.82 bits per heavy atom. The van der Waals surface area contributed by atoms with E-state index >= 15 is 0 Å². The molecule has 22 heavy (non-hydrogen) atoms. The molecule has 0 aliphatic carbocycles. The molecular formula is C16H20N4OS. The van der Waals surface area contributed by atoms with E-state index < -0.39 is 0 Å². The van der Waals surface area contributed by atoms with Crippen LogP contribution in [0.2, 0.25) is 0 Å². The molecule has 0 aromatic carbocycles. The lowest BCUT2D eigenvalue weighted by Gasteiger charge is -2.14. The van der Waals surface area contributed by atoms with Crippen LogP contribution >= 0.6 is 11.3 Å². The highest BCUT2D eigenvalue weighted by molar-refractivity contribution is 7.20. The minimum atomic E-state index is 0.0280. The summed E-state index contributed by atoms with van der Waals surface area (Å²) < 4.78 is 4.81. The van der Waals surface area contributed by atoms with E-state index in [0.29, 0.717) is 6.54 Å². The molecule has 0 bridgehead atoms. The van der Waals surface area contributed by atoms with Gasteiger partial charge in [0.15, 0.2) is 0 Å². The minimum absolute atomic E-state index is 0.0280. The van der Waals surface area contributed by atoms with Crippen molar-refractivity contribution in [3.8, 4) is 0 Å². The summed E-state index contributed by atoms with van der Waals surface area (Å²) in [7, 11) is 1.98. The molecule has 0 amide bonds. The summed E-state index contributed by atoms with van der Waals surface area (Å²) in [5.74, 6) is 0. The van der Waals surface area contributed by atoms with Crippen LogP contribution in [0.15, 0.2) is 17.1 Å². The Labute approximate surface area is 132 Å². The number of hydrogen-bond acceptors (Lipinski definition) is 4. The maximum Gasteiger partial charge on any atom is 0.291 e. The van der Waals surface area contributed by atoms with E-state index in [1.165, 1.54) is 22.4 Å². The number of rotatable bonds is 3. The monoisotopic (exact) mass is 316 g/mol. The van der Waals surface area contributed by atoms with Gasteiger partial charge in [0, 0.05) is 23.9 Å². The maximum atomic E-state index is 12.8. The number of aryl methyl sites for hydroxylation is 2. The number of likely N-dealkylation sites (tertiary alicyclic amines) is 1. The standard InChI is InChI=1S/C16H20N4OS/c1-11-9-13-15(22-11)12-10-17-20(16(21)14(12)18(13)2)8-7-19-5-3-4-6-19/h9-10H,3-8H2,1-2H3. The minimum Gasteiger partial charge on any atom is -0.338 e. The fourth-order valence-electron chi connectivity index (χ4n) is 3.43. The van der Waals surface area contributed by atoms with Gasteiger partial charge in [-0.2, -0.15) is 5.10 Å². The summed E-state index contributed by atoms with van der Waals surface area (Å²) in [5.41, 5.74) is 1.94. The van der Waals surface area contributed by atoms with Crippen molar-refractivity contribution in [3.63, 3.8) is 0 Å². The normalized spacial score (nSPS) is 16.3. The van der Waals surface area contributed by atoms with Crippen LogP contribution < -0.4 is 5.56 Å². The molecule has 3 aromatic rings. The fourth-order valence-corrected chi connectivity index (χ4v) is 4.49. The molecule has 1 fully saturated rings.